The standard InChI is InChI=1S/C22H23N5O2/c1-14-4-5-18(17-3-2-7-25-20(14)17)21(28)26-9-10-27-22(29)19-13-24-12-15-11-23-8-6-16(15)19/h4-6,8,11-13,25H,2-3,7,9-10H2,1H3,(H,26,28)(H,27,29). The molecule has 2 aromatic heterocycles. The van der Waals surface area contributed by atoms with E-state index in [9.17, 15) is 9.59 Å². The average Bonchev–Trinajstić information content (AvgIpc) is 2.76. The number of hydrogen-bond donors (Lipinski definition) is 3. The molecule has 0 saturated heterocycles. The molecule has 148 valence electrons. The number of carbonyl (C=O) groups excluding carboxylic acids is 2. The smallest absolute Gasteiger partial charge is 0.253 e. The molecule has 0 fully saturated rings. The van der Waals surface area contributed by atoms with E-state index in [2.05, 4.69) is 25.9 Å². The Morgan fingerprint density at radius 1 is 1.00 bits per heavy atom. The van der Waals surface area contributed by atoms with Gasteiger partial charge in [-0.3, -0.25) is 19.6 Å². The van der Waals surface area contributed by atoms with E-state index in [4.69, 9.17) is 0 Å². The Balaban J connectivity index is 1.36. The lowest BCUT2D eigenvalue weighted by Crippen LogP contribution is -2.35. The number of aromatic nitrogens is 2. The van der Waals surface area contributed by atoms with Gasteiger partial charge in [0.15, 0.2) is 0 Å². The van der Waals surface area contributed by atoms with Gasteiger partial charge >= 0.3 is 0 Å². The number of hydrogen-bond acceptors (Lipinski definition) is 5. The third-order valence-corrected chi connectivity index (χ3v) is 5.17. The summed E-state index contributed by atoms with van der Waals surface area (Å²) < 4.78 is 0. The summed E-state index contributed by atoms with van der Waals surface area (Å²) in [5.41, 5.74) is 4.51. The maximum atomic E-state index is 12.6. The lowest BCUT2D eigenvalue weighted by Gasteiger charge is -2.22. The van der Waals surface area contributed by atoms with Crippen molar-refractivity contribution in [2.24, 2.45) is 0 Å². The number of nitrogens with one attached hydrogen (secondary N) is 3. The topological polar surface area (TPSA) is 96.0 Å². The maximum absolute atomic E-state index is 12.6. The molecule has 0 saturated carbocycles. The van der Waals surface area contributed by atoms with Crippen molar-refractivity contribution in [3.8, 4) is 0 Å². The van der Waals surface area contributed by atoms with Crippen LogP contribution >= 0.6 is 0 Å². The van der Waals surface area contributed by atoms with Crippen LogP contribution in [0.3, 0.4) is 0 Å². The summed E-state index contributed by atoms with van der Waals surface area (Å²) in [6.45, 7) is 3.66. The molecule has 0 atom stereocenters. The first-order chi connectivity index (χ1) is 14.1. The Labute approximate surface area is 168 Å². The zero-order chi connectivity index (χ0) is 20.2. The van der Waals surface area contributed by atoms with Gasteiger partial charge in [0.1, 0.15) is 0 Å². The van der Waals surface area contributed by atoms with Crippen LogP contribution in [-0.4, -0.2) is 41.4 Å². The molecular weight excluding hydrogens is 366 g/mol. The van der Waals surface area contributed by atoms with Crippen LogP contribution in [0, 0.1) is 6.92 Å². The minimum absolute atomic E-state index is 0.114. The van der Waals surface area contributed by atoms with Crippen molar-refractivity contribution in [2.75, 3.05) is 25.0 Å². The second kappa shape index (κ2) is 8.26. The van der Waals surface area contributed by atoms with E-state index in [0.717, 1.165) is 47.0 Å². The van der Waals surface area contributed by atoms with Gasteiger partial charge in [0.25, 0.3) is 11.8 Å². The van der Waals surface area contributed by atoms with E-state index in [1.54, 1.807) is 30.9 Å². The molecule has 29 heavy (non-hydrogen) atoms. The molecule has 7 heteroatoms. The van der Waals surface area contributed by atoms with Gasteiger partial charge in [0, 0.05) is 66.4 Å². The molecule has 0 spiro atoms. The summed E-state index contributed by atoms with van der Waals surface area (Å²) in [6.07, 6.45) is 8.46. The van der Waals surface area contributed by atoms with Crippen LogP contribution in [0.4, 0.5) is 5.69 Å². The van der Waals surface area contributed by atoms with E-state index in [1.165, 1.54) is 0 Å². The number of benzene rings is 1. The molecule has 1 aromatic carbocycles. The molecule has 0 unspecified atom stereocenters. The number of pyridine rings is 2. The Morgan fingerprint density at radius 3 is 2.59 bits per heavy atom. The van der Waals surface area contributed by atoms with Crippen molar-refractivity contribution < 1.29 is 9.59 Å². The normalized spacial score (nSPS) is 12.7. The summed E-state index contributed by atoms with van der Waals surface area (Å²) >= 11 is 0. The van der Waals surface area contributed by atoms with Gasteiger partial charge in [-0.15, -0.1) is 0 Å². The van der Waals surface area contributed by atoms with E-state index < -0.39 is 0 Å². The molecular formula is C22H23N5O2. The lowest BCUT2D eigenvalue weighted by molar-refractivity contribution is 0.0927. The summed E-state index contributed by atoms with van der Waals surface area (Å²) in [5, 5.41) is 10.8. The fraction of sp³-hybridized carbons (Fsp3) is 0.273. The fourth-order valence-electron chi connectivity index (χ4n) is 3.70. The van der Waals surface area contributed by atoms with E-state index in [1.807, 2.05) is 19.1 Å². The predicted octanol–water partition coefficient (Wildman–Crippen LogP) is 2.46. The van der Waals surface area contributed by atoms with Crippen molar-refractivity contribution in [2.45, 2.75) is 19.8 Å². The van der Waals surface area contributed by atoms with E-state index in [0.29, 0.717) is 24.2 Å². The van der Waals surface area contributed by atoms with Crippen LogP contribution in [0.5, 0.6) is 0 Å². The van der Waals surface area contributed by atoms with E-state index >= 15 is 0 Å². The number of rotatable bonds is 5. The van der Waals surface area contributed by atoms with Crippen molar-refractivity contribution in [3.63, 3.8) is 0 Å². The Kier molecular flexibility index (Phi) is 5.37. The molecule has 3 N–H and O–H groups in total. The Morgan fingerprint density at radius 2 is 1.76 bits per heavy atom. The first-order valence-electron chi connectivity index (χ1n) is 9.75. The second-order valence-corrected chi connectivity index (χ2v) is 7.11. The summed E-state index contributed by atoms with van der Waals surface area (Å²) in [4.78, 5) is 33.3. The first kappa shape index (κ1) is 18.9. The largest absolute Gasteiger partial charge is 0.385 e. The lowest BCUT2D eigenvalue weighted by atomic mass is 9.94. The van der Waals surface area contributed by atoms with Crippen molar-refractivity contribution >= 4 is 28.3 Å². The summed E-state index contributed by atoms with van der Waals surface area (Å²) in [7, 11) is 0. The second-order valence-electron chi connectivity index (χ2n) is 7.11. The Hall–Kier alpha value is -3.48. The van der Waals surface area contributed by atoms with Crippen LogP contribution in [0.25, 0.3) is 10.8 Å². The molecule has 3 aromatic rings. The third kappa shape index (κ3) is 3.89. The van der Waals surface area contributed by atoms with Gasteiger partial charge in [0.05, 0.1) is 5.56 Å². The Bertz CT molecular complexity index is 1070. The van der Waals surface area contributed by atoms with Crippen molar-refractivity contribution in [1.82, 2.24) is 20.6 Å². The molecule has 4 rings (SSSR count). The van der Waals surface area contributed by atoms with Gasteiger partial charge in [-0.05, 0) is 43.0 Å². The predicted molar refractivity (Wildman–Crippen MR) is 112 cm³/mol. The molecule has 0 radical (unpaired) electrons. The van der Waals surface area contributed by atoms with Gasteiger partial charge in [0.2, 0.25) is 0 Å². The highest BCUT2D eigenvalue weighted by Crippen LogP contribution is 2.28. The fourth-order valence-corrected chi connectivity index (χ4v) is 3.70. The minimum atomic E-state index is -0.222. The van der Waals surface area contributed by atoms with Crippen LogP contribution in [0.2, 0.25) is 0 Å². The zero-order valence-corrected chi connectivity index (χ0v) is 16.3. The monoisotopic (exact) mass is 389 g/mol. The highest BCUT2D eigenvalue weighted by atomic mass is 16.2. The summed E-state index contributed by atoms with van der Waals surface area (Å²) in [5.74, 6) is -0.336. The first-order valence-corrected chi connectivity index (χ1v) is 9.75. The summed E-state index contributed by atoms with van der Waals surface area (Å²) in [6, 6.07) is 5.64. The molecule has 0 aliphatic carbocycles. The number of nitrogens with zero attached hydrogens (tertiary/aromatic N) is 2. The number of fused-ring (bicyclic) bond motifs is 2. The van der Waals surface area contributed by atoms with Crippen LogP contribution < -0.4 is 16.0 Å². The van der Waals surface area contributed by atoms with Crippen LogP contribution in [-0.2, 0) is 6.42 Å². The van der Waals surface area contributed by atoms with Gasteiger partial charge in [-0.25, -0.2) is 0 Å². The zero-order valence-electron chi connectivity index (χ0n) is 16.3. The molecule has 7 nitrogen and oxygen atoms in total. The van der Waals surface area contributed by atoms with Gasteiger partial charge < -0.3 is 16.0 Å². The average molecular weight is 389 g/mol. The molecule has 1 aliphatic rings. The molecule has 2 amide bonds. The van der Waals surface area contributed by atoms with Gasteiger partial charge in [-0.2, -0.15) is 0 Å². The molecule has 3 heterocycles. The maximum Gasteiger partial charge on any atom is 0.253 e. The van der Waals surface area contributed by atoms with Crippen molar-refractivity contribution in [1.29, 1.82) is 0 Å². The highest BCUT2D eigenvalue weighted by Gasteiger charge is 2.19. The van der Waals surface area contributed by atoms with E-state index in [-0.39, 0.29) is 11.8 Å². The van der Waals surface area contributed by atoms with Gasteiger partial charge in [-0.1, -0.05) is 6.07 Å². The number of aryl methyl sites for hydroxylation is 1. The van der Waals surface area contributed by atoms with Crippen LogP contribution in [0.15, 0.2) is 43.0 Å². The van der Waals surface area contributed by atoms with Crippen molar-refractivity contribution in [3.05, 3.63) is 65.2 Å². The minimum Gasteiger partial charge on any atom is -0.385 e. The molecule has 1 aliphatic heterocycles. The number of anilines is 1. The third-order valence-electron chi connectivity index (χ3n) is 5.17. The highest BCUT2D eigenvalue weighted by molar-refractivity contribution is 6.06. The number of carbonyl (C=O) groups is 2. The van der Waals surface area contributed by atoms with Crippen LogP contribution in [0.1, 0.15) is 38.3 Å². The number of amides is 2. The SMILES string of the molecule is Cc1ccc(C(=O)NCCNC(=O)c2cncc3cnccc23)c2c1NCCC2. The quantitative estimate of drug-likeness (QED) is 0.583. The molecule has 0 bridgehead atoms.